The zero-order chi connectivity index (χ0) is 16.4. The van der Waals surface area contributed by atoms with Gasteiger partial charge in [0, 0.05) is 18.4 Å². The summed E-state index contributed by atoms with van der Waals surface area (Å²) in [6.45, 7) is 2.40. The second-order valence-electron chi connectivity index (χ2n) is 5.26. The van der Waals surface area contributed by atoms with Gasteiger partial charge in [0.15, 0.2) is 0 Å². The maximum atomic E-state index is 12.6. The van der Waals surface area contributed by atoms with E-state index in [1.54, 1.807) is 22.7 Å². The van der Waals surface area contributed by atoms with Gasteiger partial charge in [-0.05, 0) is 36.2 Å². The molecule has 1 amide bonds. The van der Waals surface area contributed by atoms with Crippen molar-refractivity contribution >= 4 is 28.8 Å². The lowest BCUT2D eigenvalue weighted by molar-refractivity contribution is 0.0944. The van der Waals surface area contributed by atoms with Gasteiger partial charge in [-0.15, -0.1) is 0 Å². The SMILES string of the molecule is CCc1nc2ccc(Cl)cn2c1C(=O)NCc1ccc(N)cc1. The average Bonchev–Trinajstić information content (AvgIpc) is 2.91. The van der Waals surface area contributed by atoms with Crippen LogP contribution in [0.4, 0.5) is 5.69 Å². The number of amides is 1. The van der Waals surface area contributed by atoms with Crippen molar-refractivity contribution in [2.24, 2.45) is 0 Å². The zero-order valence-electron chi connectivity index (χ0n) is 12.7. The number of imidazole rings is 1. The van der Waals surface area contributed by atoms with Crippen LogP contribution in [0.1, 0.15) is 28.7 Å². The summed E-state index contributed by atoms with van der Waals surface area (Å²) in [6, 6.07) is 11.0. The molecule has 3 rings (SSSR count). The van der Waals surface area contributed by atoms with Crippen molar-refractivity contribution in [3.8, 4) is 0 Å². The van der Waals surface area contributed by atoms with Gasteiger partial charge in [-0.3, -0.25) is 9.20 Å². The van der Waals surface area contributed by atoms with Crippen LogP contribution in [0.25, 0.3) is 5.65 Å². The van der Waals surface area contributed by atoms with Crippen LogP contribution in [0.3, 0.4) is 0 Å². The molecule has 3 N–H and O–H groups in total. The van der Waals surface area contributed by atoms with Crippen LogP contribution < -0.4 is 11.1 Å². The second-order valence-corrected chi connectivity index (χ2v) is 5.70. The highest BCUT2D eigenvalue weighted by Crippen LogP contribution is 2.17. The zero-order valence-corrected chi connectivity index (χ0v) is 13.5. The number of nitrogens with one attached hydrogen (secondary N) is 1. The van der Waals surface area contributed by atoms with Gasteiger partial charge >= 0.3 is 0 Å². The summed E-state index contributed by atoms with van der Waals surface area (Å²) < 4.78 is 1.74. The number of carbonyl (C=O) groups is 1. The molecule has 0 saturated carbocycles. The number of halogens is 1. The lowest BCUT2D eigenvalue weighted by Gasteiger charge is -2.07. The topological polar surface area (TPSA) is 72.4 Å². The van der Waals surface area contributed by atoms with Crippen LogP contribution in [0.2, 0.25) is 5.02 Å². The van der Waals surface area contributed by atoms with Crippen molar-refractivity contribution < 1.29 is 4.79 Å². The molecule has 0 saturated heterocycles. The number of carbonyl (C=O) groups excluding carboxylic acids is 1. The summed E-state index contributed by atoms with van der Waals surface area (Å²) in [7, 11) is 0. The van der Waals surface area contributed by atoms with Gasteiger partial charge in [-0.2, -0.15) is 0 Å². The number of hydrogen-bond donors (Lipinski definition) is 2. The van der Waals surface area contributed by atoms with E-state index in [1.165, 1.54) is 0 Å². The first-order valence-corrected chi connectivity index (χ1v) is 7.75. The summed E-state index contributed by atoms with van der Waals surface area (Å²) in [4.78, 5) is 17.1. The Labute approximate surface area is 139 Å². The van der Waals surface area contributed by atoms with Crippen molar-refractivity contribution in [1.82, 2.24) is 14.7 Å². The third-order valence-electron chi connectivity index (χ3n) is 3.64. The average molecular weight is 329 g/mol. The first kappa shape index (κ1) is 15.4. The van der Waals surface area contributed by atoms with Gasteiger partial charge in [-0.1, -0.05) is 30.7 Å². The number of benzene rings is 1. The van der Waals surface area contributed by atoms with Crippen LogP contribution in [0.15, 0.2) is 42.6 Å². The van der Waals surface area contributed by atoms with Gasteiger partial charge < -0.3 is 11.1 Å². The Hall–Kier alpha value is -2.53. The van der Waals surface area contributed by atoms with Crippen molar-refractivity contribution in [2.45, 2.75) is 19.9 Å². The number of aryl methyl sites for hydroxylation is 1. The van der Waals surface area contributed by atoms with Crippen LogP contribution in [0.5, 0.6) is 0 Å². The van der Waals surface area contributed by atoms with E-state index in [0.717, 1.165) is 11.3 Å². The Morgan fingerprint density at radius 2 is 2.00 bits per heavy atom. The fourth-order valence-corrected chi connectivity index (χ4v) is 2.62. The summed E-state index contributed by atoms with van der Waals surface area (Å²) in [5.74, 6) is -0.173. The molecule has 0 unspecified atom stereocenters. The van der Waals surface area contributed by atoms with Gasteiger partial charge in [-0.25, -0.2) is 4.98 Å². The molecule has 0 aliphatic heterocycles. The maximum Gasteiger partial charge on any atom is 0.270 e. The number of fused-ring (bicyclic) bond motifs is 1. The molecular weight excluding hydrogens is 312 g/mol. The van der Waals surface area contributed by atoms with Crippen LogP contribution in [0, 0.1) is 0 Å². The molecule has 0 bridgehead atoms. The van der Waals surface area contributed by atoms with Crippen molar-refractivity contribution in [1.29, 1.82) is 0 Å². The maximum absolute atomic E-state index is 12.6. The molecule has 0 aliphatic rings. The fraction of sp³-hybridized carbons (Fsp3) is 0.176. The van der Waals surface area contributed by atoms with Gasteiger partial charge in [0.1, 0.15) is 11.3 Å². The highest BCUT2D eigenvalue weighted by Gasteiger charge is 2.18. The molecule has 6 heteroatoms. The number of pyridine rings is 1. The molecule has 23 heavy (non-hydrogen) atoms. The molecule has 0 radical (unpaired) electrons. The van der Waals surface area contributed by atoms with E-state index in [0.29, 0.717) is 35.0 Å². The third kappa shape index (κ3) is 3.14. The molecule has 1 aromatic carbocycles. The minimum atomic E-state index is -0.173. The van der Waals surface area contributed by atoms with Crippen molar-refractivity contribution in [2.75, 3.05) is 5.73 Å². The Balaban J connectivity index is 1.87. The first-order valence-electron chi connectivity index (χ1n) is 7.37. The summed E-state index contributed by atoms with van der Waals surface area (Å²) in [5, 5.41) is 3.48. The van der Waals surface area contributed by atoms with Crippen LogP contribution in [-0.2, 0) is 13.0 Å². The van der Waals surface area contributed by atoms with Crippen LogP contribution >= 0.6 is 11.6 Å². The van der Waals surface area contributed by atoms with Gasteiger partial charge in [0.25, 0.3) is 5.91 Å². The number of hydrogen-bond acceptors (Lipinski definition) is 3. The van der Waals surface area contributed by atoms with E-state index in [9.17, 15) is 4.79 Å². The van der Waals surface area contributed by atoms with Gasteiger partial charge in [0.05, 0.1) is 10.7 Å². The first-order chi connectivity index (χ1) is 11.1. The Morgan fingerprint density at radius 1 is 1.26 bits per heavy atom. The number of nitrogen functional groups attached to an aromatic ring is 1. The van der Waals surface area contributed by atoms with Crippen molar-refractivity contribution in [3.05, 3.63) is 64.6 Å². The van der Waals surface area contributed by atoms with Crippen molar-refractivity contribution in [3.63, 3.8) is 0 Å². The smallest absolute Gasteiger partial charge is 0.270 e. The Bertz CT molecular complexity index is 855. The highest BCUT2D eigenvalue weighted by atomic mass is 35.5. The monoisotopic (exact) mass is 328 g/mol. The molecular formula is C17H17ClN4O. The lowest BCUT2D eigenvalue weighted by Crippen LogP contribution is -2.25. The summed E-state index contributed by atoms with van der Waals surface area (Å²) in [6.07, 6.45) is 2.38. The predicted octanol–water partition coefficient (Wildman–Crippen LogP) is 3.06. The van der Waals surface area contributed by atoms with E-state index in [4.69, 9.17) is 17.3 Å². The van der Waals surface area contributed by atoms with Crippen LogP contribution in [-0.4, -0.2) is 15.3 Å². The minimum Gasteiger partial charge on any atom is -0.399 e. The largest absolute Gasteiger partial charge is 0.399 e. The molecule has 0 atom stereocenters. The van der Waals surface area contributed by atoms with E-state index in [1.807, 2.05) is 31.2 Å². The van der Waals surface area contributed by atoms with E-state index < -0.39 is 0 Å². The quantitative estimate of drug-likeness (QED) is 0.723. The minimum absolute atomic E-state index is 0.173. The number of anilines is 1. The lowest BCUT2D eigenvalue weighted by atomic mass is 10.2. The second kappa shape index (κ2) is 6.30. The molecule has 5 nitrogen and oxygen atoms in total. The molecule has 2 heterocycles. The normalized spacial score (nSPS) is 10.9. The molecule has 3 aromatic rings. The number of aromatic nitrogens is 2. The third-order valence-corrected chi connectivity index (χ3v) is 3.86. The summed E-state index contributed by atoms with van der Waals surface area (Å²) in [5.41, 5.74) is 9.34. The number of rotatable bonds is 4. The van der Waals surface area contributed by atoms with Gasteiger partial charge in [0.2, 0.25) is 0 Å². The standard InChI is InChI=1S/C17H17ClN4O/c1-2-14-16(22-10-12(18)5-8-15(22)21-14)17(23)20-9-11-3-6-13(19)7-4-11/h3-8,10H,2,9,19H2,1H3,(H,20,23). The Morgan fingerprint density at radius 3 is 2.70 bits per heavy atom. The summed E-state index contributed by atoms with van der Waals surface area (Å²) >= 11 is 6.04. The fourth-order valence-electron chi connectivity index (χ4n) is 2.46. The molecule has 118 valence electrons. The number of nitrogens with two attached hydrogens (primary N) is 1. The Kier molecular flexibility index (Phi) is 4.21. The predicted molar refractivity (Wildman–Crippen MR) is 91.6 cm³/mol. The van der Waals surface area contributed by atoms with E-state index in [-0.39, 0.29) is 5.91 Å². The van der Waals surface area contributed by atoms with E-state index >= 15 is 0 Å². The molecule has 0 fully saturated rings. The molecule has 2 aromatic heterocycles. The highest BCUT2D eigenvalue weighted by molar-refractivity contribution is 6.30. The number of nitrogens with zero attached hydrogens (tertiary/aromatic N) is 2. The molecule has 0 spiro atoms. The van der Waals surface area contributed by atoms with E-state index in [2.05, 4.69) is 10.3 Å². The molecule has 0 aliphatic carbocycles.